The average Bonchev–Trinajstić information content (AvgIpc) is 2.56. The molecule has 5 nitrogen and oxygen atoms in total. The van der Waals surface area contributed by atoms with E-state index in [4.69, 9.17) is 15.2 Å². The maximum Gasteiger partial charge on any atom is 0.230 e. The highest BCUT2D eigenvalue weighted by Gasteiger charge is 2.40. The molecule has 0 atom stereocenters. The van der Waals surface area contributed by atoms with Crippen molar-refractivity contribution >= 4 is 5.91 Å². The van der Waals surface area contributed by atoms with Crippen LogP contribution in [0.5, 0.6) is 5.75 Å². The van der Waals surface area contributed by atoms with E-state index in [2.05, 4.69) is 0 Å². The van der Waals surface area contributed by atoms with Gasteiger partial charge in [-0.3, -0.25) is 4.79 Å². The molecule has 1 aromatic rings. The van der Waals surface area contributed by atoms with Crippen LogP contribution in [0.2, 0.25) is 0 Å². The Balaban J connectivity index is 1.84. The van der Waals surface area contributed by atoms with Crippen LogP contribution in [0.25, 0.3) is 0 Å². The number of aryl methyl sites for hydroxylation is 1. The zero-order valence-corrected chi connectivity index (χ0v) is 13.5. The Morgan fingerprint density at radius 3 is 2.55 bits per heavy atom. The number of likely N-dealkylation sites (N-methyl/N-ethyl adjacent to an activating group) is 1. The molecule has 0 bridgehead atoms. The molecule has 0 aliphatic carbocycles. The maximum absolute atomic E-state index is 12.7. The summed E-state index contributed by atoms with van der Waals surface area (Å²) in [4.78, 5) is 14.4. The van der Waals surface area contributed by atoms with Gasteiger partial charge in [-0.1, -0.05) is 17.7 Å². The van der Waals surface area contributed by atoms with Gasteiger partial charge in [0.15, 0.2) is 0 Å². The number of nitrogens with two attached hydrogens (primary N) is 1. The van der Waals surface area contributed by atoms with Crippen LogP contribution in [-0.2, 0) is 9.53 Å². The highest BCUT2D eigenvalue weighted by molar-refractivity contribution is 5.83. The third-order valence-corrected chi connectivity index (χ3v) is 4.36. The molecule has 1 aromatic carbocycles. The molecule has 1 amide bonds. The molecule has 0 saturated carbocycles. The topological polar surface area (TPSA) is 64.8 Å². The molecule has 0 spiro atoms. The van der Waals surface area contributed by atoms with Crippen LogP contribution in [0.1, 0.15) is 18.4 Å². The lowest BCUT2D eigenvalue weighted by molar-refractivity contribution is -0.146. The molecule has 1 aliphatic heterocycles. The van der Waals surface area contributed by atoms with E-state index >= 15 is 0 Å². The average molecular weight is 306 g/mol. The molecule has 0 radical (unpaired) electrons. The summed E-state index contributed by atoms with van der Waals surface area (Å²) in [6, 6.07) is 7.90. The highest BCUT2D eigenvalue weighted by Crippen LogP contribution is 2.31. The van der Waals surface area contributed by atoms with Crippen molar-refractivity contribution in [1.82, 2.24) is 4.90 Å². The summed E-state index contributed by atoms with van der Waals surface area (Å²) in [5, 5.41) is 0. The van der Waals surface area contributed by atoms with Gasteiger partial charge in [0.2, 0.25) is 5.91 Å². The maximum atomic E-state index is 12.7. The van der Waals surface area contributed by atoms with E-state index in [9.17, 15) is 4.79 Å². The number of hydrogen-bond acceptors (Lipinski definition) is 4. The molecule has 5 heteroatoms. The van der Waals surface area contributed by atoms with Gasteiger partial charge in [0.25, 0.3) is 0 Å². The van der Waals surface area contributed by atoms with E-state index < -0.39 is 5.41 Å². The second kappa shape index (κ2) is 7.61. The van der Waals surface area contributed by atoms with Gasteiger partial charge in [-0.25, -0.2) is 0 Å². The van der Waals surface area contributed by atoms with E-state index in [1.165, 1.54) is 5.56 Å². The third-order valence-electron chi connectivity index (χ3n) is 4.36. The van der Waals surface area contributed by atoms with Gasteiger partial charge in [0.05, 0.1) is 12.0 Å². The SMILES string of the molecule is Cc1ccc(OCCN(C)C(=O)C2(CN)CCOCC2)cc1. The first-order chi connectivity index (χ1) is 10.6. The zero-order valence-electron chi connectivity index (χ0n) is 13.5. The predicted octanol–water partition coefficient (Wildman–Crippen LogP) is 1.59. The van der Waals surface area contributed by atoms with Gasteiger partial charge in [0.1, 0.15) is 12.4 Å². The van der Waals surface area contributed by atoms with Crippen LogP contribution in [-0.4, -0.2) is 50.8 Å². The lowest BCUT2D eigenvalue weighted by atomic mass is 9.79. The largest absolute Gasteiger partial charge is 0.492 e. The standard InChI is InChI=1S/C17H26N2O3/c1-14-3-5-15(6-4-14)22-12-9-19(2)16(20)17(13-18)7-10-21-11-8-17/h3-6H,7-13,18H2,1-2H3. The third kappa shape index (κ3) is 3.99. The Kier molecular flexibility index (Phi) is 5.80. The van der Waals surface area contributed by atoms with Crippen LogP contribution < -0.4 is 10.5 Å². The number of ether oxygens (including phenoxy) is 2. The van der Waals surface area contributed by atoms with E-state index in [1.54, 1.807) is 4.90 Å². The normalized spacial score (nSPS) is 17.0. The van der Waals surface area contributed by atoms with Crippen molar-refractivity contribution in [3.63, 3.8) is 0 Å². The van der Waals surface area contributed by atoms with Gasteiger partial charge in [-0.2, -0.15) is 0 Å². The first-order valence-electron chi connectivity index (χ1n) is 7.80. The highest BCUT2D eigenvalue weighted by atomic mass is 16.5. The lowest BCUT2D eigenvalue weighted by Gasteiger charge is -2.37. The molecule has 1 aliphatic rings. The van der Waals surface area contributed by atoms with E-state index in [0.717, 1.165) is 5.75 Å². The first kappa shape index (κ1) is 16.8. The number of carbonyl (C=O) groups excluding carboxylic acids is 1. The van der Waals surface area contributed by atoms with Crippen LogP contribution in [0.15, 0.2) is 24.3 Å². The van der Waals surface area contributed by atoms with Crippen molar-refractivity contribution in [3.05, 3.63) is 29.8 Å². The van der Waals surface area contributed by atoms with Gasteiger partial charge >= 0.3 is 0 Å². The minimum Gasteiger partial charge on any atom is -0.492 e. The summed E-state index contributed by atoms with van der Waals surface area (Å²) >= 11 is 0. The van der Waals surface area contributed by atoms with E-state index in [1.807, 2.05) is 38.2 Å². The summed E-state index contributed by atoms with van der Waals surface area (Å²) in [5.74, 6) is 0.928. The van der Waals surface area contributed by atoms with E-state index in [0.29, 0.717) is 45.8 Å². The van der Waals surface area contributed by atoms with Gasteiger partial charge in [0, 0.05) is 26.8 Å². The first-order valence-corrected chi connectivity index (χ1v) is 7.80. The summed E-state index contributed by atoms with van der Waals surface area (Å²) in [7, 11) is 1.81. The quantitative estimate of drug-likeness (QED) is 0.867. The van der Waals surface area contributed by atoms with Crippen molar-refractivity contribution < 1.29 is 14.3 Å². The zero-order chi connectivity index (χ0) is 16.0. The molecule has 1 heterocycles. The van der Waals surface area contributed by atoms with Crippen molar-refractivity contribution in [3.8, 4) is 5.75 Å². The number of nitrogens with zero attached hydrogens (tertiary/aromatic N) is 1. The molecule has 1 fully saturated rings. The Morgan fingerprint density at radius 2 is 1.95 bits per heavy atom. The summed E-state index contributed by atoms with van der Waals surface area (Å²) in [6.07, 6.45) is 1.40. The Bertz CT molecular complexity index is 481. The van der Waals surface area contributed by atoms with Crippen LogP contribution in [0.4, 0.5) is 0 Å². The molecule has 2 rings (SSSR count). The summed E-state index contributed by atoms with van der Waals surface area (Å²) in [6.45, 7) is 4.65. The number of rotatable bonds is 6. The number of carbonyl (C=O) groups is 1. The fourth-order valence-electron chi connectivity index (χ4n) is 2.71. The second-order valence-corrected chi connectivity index (χ2v) is 5.99. The summed E-state index contributed by atoms with van der Waals surface area (Å²) < 4.78 is 11.0. The smallest absolute Gasteiger partial charge is 0.230 e. The summed E-state index contributed by atoms with van der Waals surface area (Å²) in [5.41, 5.74) is 6.61. The van der Waals surface area contributed by atoms with Crippen LogP contribution in [0, 0.1) is 12.3 Å². The molecule has 1 saturated heterocycles. The molecule has 0 unspecified atom stereocenters. The van der Waals surface area contributed by atoms with Crippen LogP contribution in [0.3, 0.4) is 0 Å². The van der Waals surface area contributed by atoms with Crippen molar-refractivity contribution in [2.24, 2.45) is 11.1 Å². The molecular weight excluding hydrogens is 280 g/mol. The lowest BCUT2D eigenvalue weighted by Crippen LogP contribution is -2.50. The van der Waals surface area contributed by atoms with Gasteiger partial charge < -0.3 is 20.1 Å². The molecule has 2 N–H and O–H groups in total. The van der Waals surface area contributed by atoms with Crippen molar-refractivity contribution in [1.29, 1.82) is 0 Å². The molecule has 22 heavy (non-hydrogen) atoms. The second-order valence-electron chi connectivity index (χ2n) is 5.99. The Labute approximate surface area is 132 Å². The minimum atomic E-state index is -0.461. The fourth-order valence-corrected chi connectivity index (χ4v) is 2.71. The van der Waals surface area contributed by atoms with Crippen molar-refractivity contribution in [2.75, 3.05) is 40.0 Å². The van der Waals surface area contributed by atoms with E-state index in [-0.39, 0.29) is 5.91 Å². The van der Waals surface area contributed by atoms with Gasteiger partial charge in [-0.15, -0.1) is 0 Å². The monoisotopic (exact) mass is 306 g/mol. The minimum absolute atomic E-state index is 0.103. The van der Waals surface area contributed by atoms with Gasteiger partial charge in [-0.05, 0) is 31.9 Å². The fraction of sp³-hybridized carbons (Fsp3) is 0.588. The Hall–Kier alpha value is -1.59. The number of amides is 1. The molecular formula is C17H26N2O3. The molecule has 0 aromatic heterocycles. The predicted molar refractivity (Wildman–Crippen MR) is 85.9 cm³/mol. The van der Waals surface area contributed by atoms with Crippen molar-refractivity contribution in [2.45, 2.75) is 19.8 Å². The Morgan fingerprint density at radius 1 is 1.32 bits per heavy atom. The van der Waals surface area contributed by atoms with Crippen LogP contribution >= 0.6 is 0 Å². The number of benzene rings is 1. The number of hydrogen-bond donors (Lipinski definition) is 1. The molecule has 122 valence electrons.